The SMILES string of the molecule is CSc1cccc(NC(=O)CCc2ncc(-c3ccccc3Cl)o2)c1. The Kier molecular flexibility index (Phi) is 5.79. The van der Waals surface area contributed by atoms with Crippen LogP contribution in [0.25, 0.3) is 11.3 Å². The molecule has 2 aromatic carbocycles. The maximum Gasteiger partial charge on any atom is 0.224 e. The number of amides is 1. The normalized spacial score (nSPS) is 10.6. The van der Waals surface area contributed by atoms with E-state index in [0.29, 0.717) is 29.5 Å². The minimum absolute atomic E-state index is 0.0734. The quantitative estimate of drug-likeness (QED) is 0.597. The van der Waals surface area contributed by atoms with Gasteiger partial charge in [-0.3, -0.25) is 4.79 Å². The number of thioether (sulfide) groups is 1. The summed E-state index contributed by atoms with van der Waals surface area (Å²) >= 11 is 7.79. The Labute approximate surface area is 155 Å². The summed E-state index contributed by atoms with van der Waals surface area (Å²) in [5, 5.41) is 3.50. The van der Waals surface area contributed by atoms with E-state index in [9.17, 15) is 4.79 Å². The summed E-state index contributed by atoms with van der Waals surface area (Å²) in [5.74, 6) is 1.05. The van der Waals surface area contributed by atoms with Crippen LogP contribution in [0.1, 0.15) is 12.3 Å². The minimum Gasteiger partial charge on any atom is -0.441 e. The zero-order valence-electron chi connectivity index (χ0n) is 13.7. The Morgan fingerprint density at radius 3 is 2.88 bits per heavy atom. The Hall–Kier alpha value is -2.24. The molecule has 1 amide bonds. The molecule has 0 aliphatic carbocycles. The van der Waals surface area contributed by atoms with Crippen LogP contribution in [0.4, 0.5) is 5.69 Å². The van der Waals surface area contributed by atoms with Gasteiger partial charge in [-0.15, -0.1) is 11.8 Å². The zero-order valence-corrected chi connectivity index (χ0v) is 15.2. The van der Waals surface area contributed by atoms with E-state index in [-0.39, 0.29) is 5.91 Å². The highest BCUT2D eigenvalue weighted by molar-refractivity contribution is 7.98. The second kappa shape index (κ2) is 8.23. The number of aryl methyl sites for hydroxylation is 1. The van der Waals surface area contributed by atoms with Gasteiger partial charge in [0.15, 0.2) is 11.7 Å². The topological polar surface area (TPSA) is 55.1 Å². The number of anilines is 1. The Morgan fingerprint density at radius 1 is 1.24 bits per heavy atom. The smallest absolute Gasteiger partial charge is 0.224 e. The summed E-state index contributed by atoms with van der Waals surface area (Å²) in [5.41, 5.74) is 1.59. The van der Waals surface area contributed by atoms with E-state index in [2.05, 4.69) is 10.3 Å². The van der Waals surface area contributed by atoms with E-state index in [1.165, 1.54) is 0 Å². The molecule has 0 atom stereocenters. The van der Waals surface area contributed by atoms with Gasteiger partial charge in [0, 0.05) is 29.0 Å². The van der Waals surface area contributed by atoms with Crippen molar-refractivity contribution in [2.75, 3.05) is 11.6 Å². The molecule has 0 unspecified atom stereocenters. The highest BCUT2D eigenvalue weighted by atomic mass is 35.5. The van der Waals surface area contributed by atoms with Crippen LogP contribution in [0.5, 0.6) is 0 Å². The molecular formula is C19H17ClN2O2S. The summed E-state index contributed by atoms with van der Waals surface area (Å²) < 4.78 is 5.71. The van der Waals surface area contributed by atoms with Crippen molar-refractivity contribution in [1.29, 1.82) is 0 Å². The number of benzene rings is 2. The molecule has 0 saturated heterocycles. The molecule has 0 spiro atoms. The molecule has 3 rings (SSSR count). The summed E-state index contributed by atoms with van der Waals surface area (Å²) in [4.78, 5) is 17.4. The van der Waals surface area contributed by atoms with E-state index in [1.54, 1.807) is 24.0 Å². The fourth-order valence-corrected chi connectivity index (χ4v) is 3.04. The van der Waals surface area contributed by atoms with Crippen molar-refractivity contribution >= 4 is 35.0 Å². The average molecular weight is 373 g/mol. The first-order valence-corrected chi connectivity index (χ1v) is 9.39. The molecule has 0 aliphatic heterocycles. The molecule has 6 heteroatoms. The number of hydrogen-bond donors (Lipinski definition) is 1. The minimum atomic E-state index is -0.0734. The number of hydrogen-bond acceptors (Lipinski definition) is 4. The first kappa shape index (κ1) is 17.6. The van der Waals surface area contributed by atoms with E-state index in [1.807, 2.05) is 48.7 Å². The first-order valence-electron chi connectivity index (χ1n) is 7.79. The standard InChI is InChI=1S/C19H17ClN2O2S/c1-25-14-6-4-5-13(11-14)22-18(23)9-10-19-21-12-17(24-19)15-7-2-3-8-16(15)20/h2-8,11-12H,9-10H2,1H3,(H,22,23). The molecule has 25 heavy (non-hydrogen) atoms. The van der Waals surface area contributed by atoms with Crippen LogP contribution < -0.4 is 5.32 Å². The maximum atomic E-state index is 12.1. The van der Waals surface area contributed by atoms with E-state index in [4.69, 9.17) is 16.0 Å². The second-order valence-electron chi connectivity index (χ2n) is 5.38. The van der Waals surface area contributed by atoms with Crippen molar-refractivity contribution < 1.29 is 9.21 Å². The predicted octanol–water partition coefficient (Wildman–Crippen LogP) is 5.29. The molecule has 1 heterocycles. The van der Waals surface area contributed by atoms with Gasteiger partial charge >= 0.3 is 0 Å². The van der Waals surface area contributed by atoms with Gasteiger partial charge in [-0.05, 0) is 36.6 Å². The number of carbonyl (C=O) groups is 1. The lowest BCUT2D eigenvalue weighted by Crippen LogP contribution is -2.12. The van der Waals surface area contributed by atoms with Gasteiger partial charge in [-0.2, -0.15) is 0 Å². The van der Waals surface area contributed by atoms with Crippen molar-refractivity contribution in [1.82, 2.24) is 4.98 Å². The molecule has 0 aliphatic rings. The number of halogens is 1. The molecule has 0 saturated carbocycles. The van der Waals surface area contributed by atoms with Gasteiger partial charge in [-0.1, -0.05) is 29.8 Å². The summed E-state index contributed by atoms with van der Waals surface area (Å²) in [6.45, 7) is 0. The third-order valence-corrected chi connectivity index (χ3v) is 4.67. The zero-order chi connectivity index (χ0) is 17.6. The number of carbonyl (C=O) groups excluding carboxylic acids is 1. The van der Waals surface area contributed by atoms with Gasteiger partial charge in [0.05, 0.1) is 11.2 Å². The van der Waals surface area contributed by atoms with Crippen LogP contribution in [-0.2, 0) is 11.2 Å². The average Bonchev–Trinajstić information content (AvgIpc) is 3.09. The number of nitrogens with zero attached hydrogens (tertiary/aromatic N) is 1. The molecule has 128 valence electrons. The molecule has 1 N–H and O–H groups in total. The Bertz CT molecular complexity index is 879. The summed E-state index contributed by atoms with van der Waals surface area (Å²) in [6, 6.07) is 15.2. The fraction of sp³-hybridized carbons (Fsp3) is 0.158. The van der Waals surface area contributed by atoms with Crippen molar-refractivity contribution in [2.45, 2.75) is 17.7 Å². The largest absolute Gasteiger partial charge is 0.441 e. The lowest BCUT2D eigenvalue weighted by molar-refractivity contribution is -0.116. The van der Waals surface area contributed by atoms with Crippen LogP contribution >= 0.6 is 23.4 Å². The number of rotatable bonds is 6. The molecular weight excluding hydrogens is 356 g/mol. The third kappa shape index (κ3) is 4.65. The lowest BCUT2D eigenvalue weighted by atomic mass is 10.2. The number of nitrogens with one attached hydrogen (secondary N) is 1. The van der Waals surface area contributed by atoms with Crippen LogP contribution in [0.3, 0.4) is 0 Å². The fourth-order valence-electron chi connectivity index (χ4n) is 2.36. The highest BCUT2D eigenvalue weighted by Gasteiger charge is 2.11. The van der Waals surface area contributed by atoms with E-state index < -0.39 is 0 Å². The second-order valence-corrected chi connectivity index (χ2v) is 6.67. The molecule has 0 bridgehead atoms. The molecule has 0 radical (unpaired) electrons. The van der Waals surface area contributed by atoms with Crippen LogP contribution in [0, 0.1) is 0 Å². The molecule has 0 fully saturated rings. The van der Waals surface area contributed by atoms with Crippen molar-refractivity contribution in [3.8, 4) is 11.3 Å². The highest BCUT2D eigenvalue weighted by Crippen LogP contribution is 2.28. The molecule has 4 nitrogen and oxygen atoms in total. The van der Waals surface area contributed by atoms with Crippen molar-refractivity contribution in [2.24, 2.45) is 0 Å². The van der Waals surface area contributed by atoms with Gasteiger partial charge < -0.3 is 9.73 Å². The lowest BCUT2D eigenvalue weighted by Gasteiger charge is -2.05. The maximum absolute atomic E-state index is 12.1. The predicted molar refractivity (Wildman–Crippen MR) is 102 cm³/mol. The summed E-state index contributed by atoms with van der Waals surface area (Å²) in [7, 11) is 0. The van der Waals surface area contributed by atoms with Gasteiger partial charge in [0.1, 0.15) is 0 Å². The van der Waals surface area contributed by atoms with Crippen molar-refractivity contribution in [3.05, 3.63) is 65.6 Å². The van der Waals surface area contributed by atoms with Crippen LogP contribution in [0.2, 0.25) is 5.02 Å². The first-order chi connectivity index (χ1) is 12.2. The summed E-state index contributed by atoms with van der Waals surface area (Å²) in [6.07, 6.45) is 4.36. The molecule has 1 aromatic heterocycles. The van der Waals surface area contributed by atoms with Crippen molar-refractivity contribution in [3.63, 3.8) is 0 Å². The van der Waals surface area contributed by atoms with Gasteiger partial charge in [0.2, 0.25) is 5.91 Å². The third-order valence-electron chi connectivity index (χ3n) is 3.61. The Balaban J connectivity index is 1.58. The Morgan fingerprint density at radius 2 is 2.08 bits per heavy atom. The number of aromatic nitrogens is 1. The van der Waals surface area contributed by atoms with Gasteiger partial charge in [0.25, 0.3) is 0 Å². The van der Waals surface area contributed by atoms with E-state index >= 15 is 0 Å². The van der Waals surface area contributed by atoms with Crippen LogP contribution in [0.15, 0.2) is 64.0 Å². The van der Waals surface area contributed by atoms with E-state index in [0.717, 1.165) is 16.1 Å². The monoisotopic (exact) mass is 372 g/mol. The number of oxazole rings is 1. The molecule has 3 aromatic rings. The van der Waals surface area contributed by atoms with Crippen LogP contribution in [-0.4, -0.2) is 17.1 Å². The van der Waals surface area contributed by atoms with Gasteiger partial charge in [-0.25, -0.2) is 4.98 Å².